The number of ether oxygens (including phenoxy) is 1. The first-order chi connectivity index (χ1) is 10.8. The maximum absolute atomic E-state index is 5.92. The van der Waals surface area contributed by atoms with Crippen LogP contribution in [-0.2, 0) is 24.3 Å². The first-order valence-corrected chi connectivity index (χ1v) is 7.43. The number of nitrogens with zero attached hydrogens (tertiary/aromatic N) is 1. The Morgan fingerprint density at radius 3 is 2.45 bits per heavy atom. The van der Waals surface area contributed by atoms with E-state index in [4.69, 9.17) is 10.5 Å². The molecule has 0 atom stereocenters. The molecule has 2 aromatic carbocycles. The normalized spacial score (nSPS) is 11.4. The minimum Gasteiger partial charge on any atom is -0.380 e. The molecule has 0 saturated carbocycles. The number of methoxy groups -OCH3 is 1. The summed E-state index contributed by atoms with van der Waals surface area (Å²) in [5.74, 6) is 0.475. The second-order valence-electron chi connectivity index (χ2n) is 5.07. The SMILES string of the molecule is COCc1ccccc1CN=C(N)NCCc1ccccc1. The standard InChI is InChI=1S/C18H23N3O/c1-22-14-17-10-6-5-9-16(17)13-21-18(19)20-12-11-15-7-3-2-4-8-15/h2-10H,11-14H2,1H3,(H3,19,20,21). The van der Waals surface area contributed by atoms with Gasteiger partial charge in [-0.15, -0.1) is 0 Å². The summed E-state index contributed by atoms with van der Waals surface area (Å²) >= 11 is 0. The number of guanidine groups is 1. The molecule has 4 heteroatoms. The van der Waals surface area contributed by atoms with E-state index in [1.54, 1.807) is 7.11 Å². The van der Waals surface area contributed by atoms with Crippen molar-refractivity contribution in [2.24, 2.45) is 10.7 Å². The van der Waals surface area contributed by atoms with Crippen LogP contribution in [0.5, 0.6) is 0 Å². The van der Waals surface area contributed by atoms with Gasteiger partial charge in [-0.3, -0.25) is 0 Å². The Bertz CT molecular complexity index is 596. The molecule has 0 bridgehead atoms. The third-order valence-electron chi connectivity index (χ3n) is 3.40. The van der Waals surface area contributed by atoms with Gasteiger partial charge in [0.15, 0.2) is 5.96 Å². The zero-order valence-electron chi connectivity index (χ0n) is 13.0. The van der Waals surface area contributed by atoms with Gasteiger partial charge < -0.3 is 15.8 Å². The molecular formula is C18H23N3O. The highest BCUT2D eigenvalue weighted by Crippen LogP contribution is 2.10. The summed E-state index contributed by atoms with van der Waals surface area (Å²) in [6.07, 6.45) is 0.928. The van der Waals surface area contributed by atoms with Crippen LogP contribution in [0, 0.1) is 0 Å². The Morgan fingerprint density at radius 1 is 1.05 bits per heavy atom. The fourth-order valence-corrected chi connectivity index (χ4v) is 2.21. The number of benzene rings is 2. The van der Waals surface area contributed by atoms with Crippen LogP contribution in [0.1, 0.15) is 16.7 Å². The van der Waals surface area contributed by atoms with Gasteiger partial charge in [-0.1, -0.05) is 54.6 Å². The zero-order chi connectivity index (χ0) is 15.6. The highest BCUT2D eigenvalue weighted by molar-refractivity contribution is 5.77. The Hall–Kier alpha value is -2.33. The lowest BCUT2D eigenvalue weighted by atomic mass is 10.1. The second kappa shape index (κ2) is 8.85. The minimum absolute atomic E-state index is 0.475. The summed E-state index contributed by atoms with van der Waals surface area (Å²) in [6, 6.07) is 18.4. The summed E-state index contributed by atoms with van der Waals surface area (Å²) in [6.45, 7) is 1.93. The minimum atomic E-state index is 0.475. The van der Waals surface area contributed by atoms with E-state index in [0.717, 1.165) is 24.1 Å². The van der Waals surface area contributed by atoms with E-state index in [2.05, 4.69) is 28.5 Å². The Morgan fingerprint density at radius 2 is 1.73 bits per heavy atom. The van der Waals surface area contributed by atoms with Crippen LogP contribution < -0.4 is 11.1 Å². The summed E-state index contributed by atoms with van der Waals surface area (Å²) in [5.41, 5.74) is 9.48. The van der Waals surface area contributed by atoms with E-state index in [0.29, 0.717) is 19.1 Å². The predicted molar refractivity (Wildman–Crippen MR) is 90.6 cm³/mol. The summed E-state index contributed by atoms with van der Waals surface area (Å²) < 4.78 is 5.19. The van der Waals surface area contributed by atoms with E-state index < -0.39 is 0 Å². The predicted octanol–water partition coefficient (Wildman–Crippen LogP) is 2.48. The maximum atomic E-state index is 5.92. The highest BCUT2D eigenvalue weighted by Gasteiger charge is 2.01. The van der Waals surface area contributed by atoms with Crippen molar-refractivity contribution in [2.45, 2.75) is 19.6 Å². The topological polar surface area (TPSA) is 59.6 Å². The lowest BCUT2D eigenvalue weighted by Gasteiger charge is -2.08. The molecule has 0 aliphatic heterocycles. The molecule has 2 rings (SSSR count). The molecular weight excluding hydrogens is 274 g/mol. The van der Waals surface area contributed by atoms with Crippen LogP contribution in [0.4, 0.5) is 0 Å². The van der Waals surface area contributed by atoms with Crippen LogP contribution in [0.25, 0.3) is 0 Å². The number of nitrogens with one attached hydrogen (secondary N) is 1. The summed E-state index contributed by atoms with van der Waals surface area (Å²) in [4.78, 5) is 4.40. The average molecular weight is 297 g/mol. The quantitative estimate of drug-likeness (QED) is 0.610. The molecule has 22 heavy (non-hydrogen) atoms. The highest BCUT2D eigenvalue weighted by atomic mass is 16.5. The first kappa shape index (κ1) is 16.0. The van der Waals surface area contributed by atoms with Gasteiger partial charge >= 0.3 is 0 Å². The Kier molecular flexibility index (Phi) is 6.45. The second-order valence-corrected chi connectivity index (χ2v) is 5.07. The van der Waals surface area contributed by atoms with Crippen LogP contribution in [0.15, 0.2) is 59.6 Å². The third kappa shape index (κ3) is 5.22. The van der Waals surface area contributed by atoms with Crippen molar-refractivity contribution < 1.29 is 4.74 Å². The molecule has 0 radical (unpaired) electrons. The molecule has 0 spiro atoms. The molecule has 0 unspecified atom stereocenters. The number of rotatable bonds is 7. The molecule has 0 aromatic heterocycles. The smallest absolute Gasteiger partial charge is 0.188 e. The molecule has 0 heterocycles. The van der Waals surface area contributed by atoms with Crippen molar-refractivity contribution in [2.75, 3.05) is 13.7 Å². The van der Waals surface area contributed by atoms with Crippen molar-refractivity contribution in [1.82, 2.24) is 5.32 Å². The van der Waals surface area contributed by atoms with E-state index >= 15 is 0 Å². The molecule has 3 N–H and O–H groups in total. The van der Waals surface area contributed by atoms with E-state index in [-0.39, 0.29) is 0 Å². The van der Waals surface area contributed by atoms with Crippen molar-refractivity contribution in [3.05, 3.63) is 71.3 Å². The van der Waals surface area contributed by atoms with E-state index in [9.17, 15) is 0 Å². The monoisotopic (exact) mass is 297 g/mol. The molecule has 4 nitrogen and oxygen atoms in total. The number of hydrogen-bond donors (Lipinski definition) is 2. The number of nitrogens with two attached hydrogens (primary N) is 1. The molecule has 0 aliphatic carbocycles. The first-order valence-electron chi connectivity index (χ1n) is 7.43. The van der Waals surface area contributed by atoms with Crippen molar-refractivity contribution >= 4 is 5.96 Å². The van der Waals surface area contributed by atoms with Gasteiger partial charge in [0.1, 0.15) is 0 Å². The van der Waals surface area contributed by atoms with Gasteiger partial charge in [0.25, 0.3) is 0 Å². The van der Waals surface area contributed by atoms with Crippen LogP contribution in [0.2, 0.25) is 0 Å². The molecule has 0 fully saturated rings. The van der Waals surface area contributed by atoms with Crippen molar-refractivity contribution in [3.63, 3.8) is 0 Å². The Labute approximate surface area is 132 Å². The number of aliphatic imine (C=N–C) groups is 1. The average Bonchev–Trinajstić information content (AvgIpc) is 2.55. The largest absolute Gasteiger partial charge is 0.380 e. The van der Waals surface area contributed by atoms with Gasteiger partial charge in [0.05, 0.1) is 13.2 Å². The fraction of sp³-hybridized carbons (Fsp3) is 0.278. The van der Waals surface area contributed by atoms with Crippen LogP contribution in [0.3, 0.4) is 0 Å². The van der Waals surface area contributed by atoms with Crippen LogP contribution in [-0.4, -0.2) is 19.6 Å². The summed E-state index contributed by atoms with van der Waals surface area (Å²) in [5, 5.41) is 3.15. The number of hydrogen-bond acceptors (Lipinski definition) is 2. The molecule has 2 aromatic rings. The van der Waals surface area contributed by atoms with Gasteiger partial charge in [-0.2, -0.15) is 0 Å². The van der Waals surface area contributed by atoms with E-state index in [1.165, 1.54) is 5.56 Å². The molecule has 0 saturated heterocycles. The van der Waals surface area contributed by atoms with Gasteiger partial charge in [-0.05, 0) is 23.1 Å². The lowest BCUT2D eigenvalue weighted by Crippen LogP contribution is -2.33. The van der Waals surface area contributed by atoms with E-state index in [1.807, 2.05) is 36.4 Å². The maximum Gasteiger partial charge on any atom is 0.188 e. The van der Waals surface area contributed by atoms with Gasteiger partial charge in [0.2, 0.25) is 0 Å². The summed E-state index contributed by atoms with van der Waals surface area (Å²) in [7, 11) is 1.69. The van der Waals surface area contributed by atoms with Gasteiger partial charge in [-0.25, -0.2) is 4.99 Å². The van der Waals surface area contributed by atoms with Crippen molar-refractivity contribution in [1.29, 1.82) is 0 Å². The fourth-order valence-electron chi connectivity index (χ4n) is 2.21. The molecule has 116 valence electrons. The van der Waals surface area contributed by atoms with Crippen molar-refractivity contribution in [3.8, 4) is 0 Å². The Balaban J connectivity index is 1.82. The molecule has 0 amide bonds. The lowest BCUT2D eigenvalue weighted by molar-refractivity contribution is 0.184. The van der Waals surface area contributed by atoms with Crippen LogP contribution >= 0.6 is 0 Å². The molecule has 0 aliphatic rings. The third-order valence-corrected chi connectivity index (χ3v) is 3.40. The van der Waals surface area contributed by atoms with Gasteiger partial charge in [0, 0.05) is 13.7 Å². The zero-order valence-corrected chi connectivity index (χ0v) is 13.0.